The Hall–Kier alpha value is -1.44. The smallest absolute Gasteiger partial charge is 0.337 e. The van der Waals surface area contributed by atoms with E-state index in [0.29, 0.717) is 12.0 Å². The van der Waals surface area contributed by atoms with Crippen LogP contribution in [-0.4, -0.2) is 50.1 Å². The van der Waals surface area contributed by atoms with E-state index in [1.165, 1.54) is 23.5 Å². The molecule has 0 aromatic heterocycles. The van der Waals surface area contributed by atoms with Gasteiger partial charge < -0.3 is 9.84 Å². The molecular weight excluding hydrogens is 282 g/mol. The Bertz CT molecular complexity index is 626. The summed E-state index contributed by atoms with van der Waals surface area (Å²) in [5.41, 5.74) is 0.746. The summed E-state index contributed by atoms with van der Waals surface area (Å²) in [6.45, 7) is 2.04. The molecule has 7 heteroatoms. The van der Waals surface area contributed by atoms with Gasteiger partial charge in [0.2, 0.25) is 10.0 Å². The van der Waals surface area contributed by atoms with Crippen molar-refractivity contribution < 1.29 is 23.1 Å². The molecule has 0 saturated carbocycles. The molecule has 110 valence electrons. The molecule has 1 N–H and O–H groups in total. The van der Waals surface area contributed by atoms with Gasteiger partial charge in [-0.05, 0) is 31.0 Å². The molecule has 1 aromatic rings. The zero-order chi connectivity index (χ0) is 14.9. The Morgan fingerprint density at radius 3 is 2.70 bits per heavy atom. The summed E-state index contributed by atoms with van der Waals surface area (Å²) in [6, 6.07) is 4.42. The van der Waals surface area contributed by atoms with Crippen molar-refractivity contribution in [3.8, 4) is 0 Å². The van der Waals surface area contributed by atoms with Crippen molar-refractivity contribution in [2.24, 2.45) is 0 Å². The number of aryl methyl sites for hydroxylation is 1. The standard InChI is InChI=1S/C13H17NO5S/c1-9-3-4-10(13(16)19-2)7-12(9)20(17,18)14-6-5-11(15)8-14/h3-4,7,11,15H,5-6,8H2,1-2H3/t11-/m0/s1. The summed E-state index contributed by atoms with van der Waals surface area (Å²) in [4.78, 5) is 11.6. The molecule has 6 nitrogen and oxygen atoms in total. The minimum absolute atomic E-state index is 0.0782. The number of carbonyl (C=O) groups is 1. The van der Waals surface area contributed by atoms with E-state index in [1.807, 2.05) is 0 Å². The van der Waals surface area contributed by atoms with Crippen LogP contribution in [0.25, 0.3) is 0 Å². The second-order valence-corrected chi connectivity index (χ2v) is 6.68. The van der Waals surface area contributed by atoms with Crippen LogP contribution in [0.4, 0.5) is 0 Å². The van der Waals surface area contributed by atoms with Crippen LogP contribution in [0.2, 0.25) is 0 Å². The molecular formula is C13H17NO5S. The lowest BCUT2D eigenvalue weighted by Crippen LogP contribution is -2.30. The Balaban J connectivity index is 2.43. The summed E-state index contributed by atoms with van der Waals surface area (Å²) in [5, 5.41) is 9.48. The lowest BCUT2D eigenvalue weighted by atomic mass is 10.1. The van der Waals surface area contributed by atoms with Gasteiger partial charge in [-0.1, -0.05) is 6.07 Å². The first-order valence-corrected chi connectivity index (χ1v) is 7.67. The number of esters is 1. The second-order valence-electron chi connectivity index (χ2n) is 4.78. The van der Waals surface area contributed by atoms with E-state index in [1.54, 1.807) is 13.0 Å². The topological polar surface area (TPSA) is 83.9 Å². The van der Waals surface area contributed by atoms with Crippen molar-refractivity contribution >= 4 is 16.0 Å². The lowest BCUT2D eigenvalue weighted by molar-refractivity contribution is 0.0600. The number of methoxy groups -OCH3 is 1. The normalized spacial score (nSPS) is 20.1. The molecule has 1 aliphatic heterocycles. The van der Waals surface area contributed by atoms with Crippen molar-refractivity contribution in [3.05, 3.63) is 29.3 Å². The molecule has 1 saturated heterocycles. The number of carbonyl (C=O) groups excluding carboxylic acids is 1. The highest BCUT2D eigenvalue weighted by Crippen LogP contribution is 2.25. The van der Waals surface area contributed by atoms with Crippen LogP contribution in [0.3, 0.4) is 0 Å². The number of sulfonamides is 1. The molecule has 0 unspecified atom stereocenters. The minimum atomic E-state index is -3.70. The van der Waals surface area contributed by atoms with Crippen molar-refractivity contribution in [1.29, 1.82) is 0 Å². The fourth-order valence-corrected chi connectivity index (χ4v) is 3.93. The van der Waals surface area contributed by atoms with E-state index >= 15 is 0 Å². The number of benzene rings is 1. The van der Waals surface area contributed by atoms with Gasteiger partial charge in [0.25, 0.3) is 0 Å². The SMILES string of the molecule is COC(=O)c1ccc(C)c(S(=O)(=O)N2CC[C@H](O)C2)c1. The van der Waals surface area contributed by atoms with Crippen LogP contribution in [0.1, 0.15) is 22.3 Å². The zero-order valence-electron chi connectivity index (χ0n) is 11.4. The number of ether oxygens (including phenoxy) is 1. The van der Waals surface area contributed by atoms with E-state index in [4.69, 9.17) is 0 Å². The first-order chi connectivity index (χ1) is 9.36. The van der Waals surface area contributed by atoms with Crippen molar-refractivity contribution in [1.82, 2.24) is 4.31 Å². The number of rotatable bonds is 3. The van der Waals surface area contributed by atoms with Gasteiger partial charge in [-0.25, -0.2) is 13.2 Å². The maximum absolute atomic E-state index is 12.5. The Labute approximate surface area is 118 Å². The van der Waals surface area contributed by atoms with E-state index < -0.39 is 22.1 Å². The Morgan fingerprint density at radius 1 is 1.45 bits per heavy atom. The summed E-state index contributed by atoms with van der Waals surface area (Å²) in [7, 11) is -2.46. The molecule has 0 radical (unpaired) electrons. The van der Waals surface area contributed by atoms with Gasteiger partial charge in [-0.2, -0.15) is 4.31 Å². The highest BCUT2D eigenvalue weighted by atomic mass is 32.2. The molecule has 1 heterocycles. The van der Waals surface area contributed by atoms with Gasteiger partial charge in [0.1, 0.15) is 0 Å². The fraction of sp³-hybridized carbons (Fsp3) is 0.462. The number of hydrogen-bond acceptors (Lipinski definition) is 5. The summed E-state index contributed by atoms with van der Waals surface area (Å²) >= 11 is 0. The summed E-state index contributed by atoms with van der Waals surface area (Å²) < 4.78 is 30.9. The number of aliphatic hydroxyl groups excluding tert-OH is 1. The average Bonchev–Trinajstić information content (AvgIpc) is 2.85. The third kappa shape index (κ3) is 2.70. The van der Waals surface area contributed by atoms with Gasteiger partial charge >= 0.3 is 5.97 Å². The largest absolute Gasteiger partial charge is 0.465 e. The molecule has 0 amide bonds. The first-order valence-electron chi connectivity index (χ1n) is 6.23. The molecule has 20 heavy (non-hydrogen) atoms. The second kappa shape index (κ2) is 5.51. The fourth-order valence-electron chi connectivity index (χ4n) is 2.19. The molecule has 0 spiro atoms. The lowest BCUT2D eigenvalue weighted by Gasteiger charge is -2.17. The molecule has 0 aliphatic carbocycles. The summed E-state index contributed by atoms with van der Waals surface area (Å²) in [6.07, 6.45) is -0.205. The quantitative estimate of drug-likeness (QED) is 0.823. The number of aliphatic hydroxyl groups is 1. The summed E-state index contributed by atoms with van der Waals surface area (Å²) in [5.74, 6) is -0.581. The third-order valence-electron chi connectivity index (χ3n) is 3.35. The van der Waals surface area contributed by atoms with Crippen molar-refractivity contribution in [2.45, 2.75) is 24.3 Å². The molecule has 2 rings (SSSR count). The highest BCUT2D eigenvalue weighted by molar-refractivity contribution is 7.89. The van der Waals surface area contributed by atoms with Crippen LogP contribution in [0, 0.1) is 6.92 Å². The van der Waals surface area contributed by atoms with Gasteiger partial charge in [0.15, 0.2) is 0 Å². The van der Waals surface area contributed by atoms with Gasteiger partial charge in [0, 0.05) is 13.1 Å². The van der Waals surface area contributed by atoms with Gasteiger partial charge in [-0.15, -0.1) is 0 Å². The predicted molar refractivity (Wildman–Crippen MR) is 71.9 cm³/mol. The van der Waals surface area contributed by atoms with Crippen molar-refractivity contribution in [2.75, 3.05) is 20.2 Å². The van der Waals surface area contributed by atoms with Crippen LogP contribution in [0.15, 0.2) is 23.1 Å². The monoisotopic (exact) mass is 299 g/mol. The maximum atomic E-state index is 12.5. The molecule has 1 fully saturated rings. The molecule has 1 atom stereocenters. The van der Waals surface area contributed by atoms with E-state index in [0.717, 1.165) is 0 Å². The number of nitrogens with zero attached hydrogens (tertiary/aromatic N) is 1. The molecule has 0 bridgehead atoms. The Kier molecular flexibility index (Phi) is 4.12. The third-order valence-corrected chi connectivity index (χ3v) is 5.36. The number of hydrogen-bond donors (Lipinski definition) is 1. The predicted octanol–water partition coefficient (Wildman–Crippen LogP) is 0.537. The zero-order valence-corrected chi connectivity index (χ0v) is 12.2. The van der Waals surface area contributed by atoms with Crippen LogP contribution < -0.4 is 0 Å². The van der Waals surface area contributed by atoms with Gasteiger partial charge in [0.05, 0.1) is 23.7 Å². The number of β-amino-alcohol motifs (C(OH)–C–C–N with tert-alkyl or cyclic N) is 1. The van der Waals surface area contributed by atoms with E-state index in [-0.39, 0.29) is 23.5 Å². The maximum Gasteiger partial charge on any atom is 0.337 e. The van der Waals surface area contributed by atoms with Crippen LogP contribution in [0.5, 0.6) is 0 Å². The molecule has 1 aromatic carbocycles. The minimum Gasteiger partial charge on any atom is -0.465 e. The van der Waals surface area contributed by atoms with Gasteiger partial charge in [-0.3, -0.25) is 0 Å². The van der Waals surface area contributed by atoms with E-state index in [9.17, 15) is 18.3 Å². The van der Waals surface area contributed by atoms with Crippen LogP contribution >= 0.6 is 0 Å². The Morgan fingerprint density at radius 2 is 2.15 bits per heavy atom. The average molecular weight is 299 g/mol. The van der Waals surface area contributed by atoms with E-state index in [2.05, 4.69) is 4.74 Å². The molecule has 1 aliphatic rings. The highest BCUT2D eigenvalue weighted by Gasteiger charge is 2.32. The first kappa shape index (κ1) is 15.0. The van der Waals surface area contributed by atoms with Crippen molar-refractivity contribution in [3.63, 3.8) is 0 Å². The van der Waals surface area contributed by atoms with Crippen LogP contribution in [-0.2, 0) is 14.8 Å².